The van der Waals surface area contributed by atoms with Crippen molar-refractivity contribution in [2.45, 2.75) is 82.3 Å². The van der Waals surface area contributed by atoms with Gasteiger partial charge in [0.25, 0.3) is 0 Å². The highest BCUT2D eigenvalue weighted by Crippen LogP contribution is 2.57. The van der Waals surface area contributed by atoms with Crippen LogP contribution in [0.5, 0.6) is 0 Å². The molecule has 1 amide bonds. The molecule has 37 heavy (non-hydrogen) atoms. The third-order valence-electron chi connectivity index (χ3n) is 9.16. The third-order valence-corrected chi connectivity index (χ3v) is 9.16. The van der Waals surface area contributed by atoms with Crippen molar-refractivity contribution in [3.8, 4) is 0 Å². The van der Waals surface area contributed by atoms with Crippen molar-refractivity contribution in [2.24, 2.45) is 17.8 Å². The Hall–Kier alpha value is -2.56. The summed E-state index contributed by atoms with van der Waals surface area (Å²) >= 11 is 0. The molecule has 4 bridgehead atoms. The highest BCUT2D eigenvalue weighted by molar-refractivity contribution is 5.85. The van der Waals surface area contributed by atoms with Crippen molar-refractivity contribution < 1.29 is 32.6 Å². The van der Waals surface area contributed by atoms with E-state index in [0.717, 1.165) is 31.5 Å². The maximum absolute atomic E-state index is 13.6. The summed E-state index contributed by atoms with van der Waals surface area (Å²) in [4.78, 5) is 33.0. The Morgan fingerprint density at radius 1 is 1.14 bits per heavy atom. The quantitative estimate of drug-likeness (QED) is 0.559. The number of rotatable bonds is 5. The normalized spacial score (nSPS) is 33.9. The number of nitrogens with one attached hydrogen (secondary N) is 1. The number of alkyl halides is 3. The minimum atomic E-state index is -4.42. The summed E-state index contributed by atoms with van der Waals surface area (Å²) in [5, 5.41) is 12.6. The van der Waals surface area contributed by atoms with Crippen LogP contribution in [-0.2, 0) is 15.7 Å². The molecular weight excluding hydrogens is 489 g/mol. The van der Waals surface area contributed by atoms with Gasteiger partial charge in [-0.2, -0.15) is 13.2 Å². The Labute approximate surface area is 214 Å². The van der Waals surface area contributed by atoms with Crippen LogP contribution in [0, 0.1) is 17.8 Å². The number of piperazine rings is 1. The summed E-state index contributed by atoms with van der Waals surface area (Å²) in [5.74, 6) is 1.32. The minimum absolute atomic E-state index is 0.0175. The molecule has 1 aliphatic heterocycles. The highest BCUT2D eigenvalue weighted by Gasteiger charge is 2.58. The van der Waals surface area contributed by atoms with Crippen molar-refractivity contribution in [2.75, 3.05) is 24.5 Å². The Morgan fingerprint density at radius 3 is 2.35 bits per heavy atom. The van der Waals surface area contributed by atoms with E-state index in [1.54, 1.807) is 0 Å². The van der Waals surface area contributed by atoms with Crippen molar-refractivity contribution in [1.82, 2.24) is 15.2 Å². The molecule has 5 aliphatic rings. The Balaban J connectivity index is 1.21. The average Bonchev–Trinajstić information content (AvgIpc) is 2.79. The molecule has 1 saturated heterocycles. The lowest BCUT2D eigenvalue weighted by molar-refractivity contribution is -0.157. The molecule has 3 atom stereocenters. The topological polar surface area (TPSA) is 95.0 Å². The van der Waals surface area contributed by atoms with Crippen LogP contribution >= 0.6 is 0 Å². The molecule has 4 aliphatic carbocycles. The maximum atomic E-state index is 13.6. The average molecular weight is 525 g/mol. The zero-order chi connectivity index (χ0) is 26.8. The van der Waals surface area contributed by atoms with Gasteiger partial charge in [-0.1, -0.05) is 0 Å². The summed E-state index contributed by atoms with van der Waals surface area (Å²) in [6.45, 7) is 7.49. The second-order valence-electron chi connectivity index (χ2n) is 12.0. The molecule has 2 N–H and O–H groups in total. The first-order chi connectivity index (χ1) is 17.3. The van der Waals surface area contributed by atoms with Crippen LogP contribution in [0.3, 0.4) is 0 Å². The number of carbonyl (C=O) groups excluding carboxylic acids is 1. The van der Waals surface area contributed by atoms with E-state index >= 15 is 0 Å². The first kappa shape index (κ1) is 26.1. The van der Waals surface area contributed by atoms with Crippen LogP contribution in [0.1, 0.15) is 58.4 Å². The number of halogens is 3. The Bertz CT molecular complexity index is 1030. The number of aromatic nitrogens is 1. The molecule has 204 valence electrons. The van der Waals surface area contributed by atoms with E-state index < -0.39 is 29.0 Å². The number of hydrogen-bond acceptors (Lipinski definition) is 6. The molecule has 1 aromatic rings. The van der Waals surface area contributed by atoms with Crippen LogP contribution in [0.2, 0.25) is 0 Å². The van der Waals surface area contributed by atoms with Gasteiger partial charge in [0.1, 0.15) is 11.4 Å². The molecule has 4 saturated carbocycles. The molecule has 0 aromatic carbocycles. The third kappa shape index (κ3) is 4.86. The lowest BCUT2D eigenvalue weighted by Gasteiger charge is -2.59. The number of nitrogens with zero attached hydrogens (tertiary/aromatic N) is 3. The van der Waals surface area contributed by atoms with Gasteiger partial charge in [0, 0.05) is 37.9 Å². The molecule has 3 unspecified atom stereocenters. The molecule has 11 heteroatoms. The van der Waals surface area contributed by atoms with Gasteiger partial charge in [0.2, 0.25) is 5.91 Å². The summed E-state index contributed by atoms with van der Waals surface area (Å²) in [6.07, 6.45) is -0.694. The van der Waals surface area contributed by atoms with E-state index in [-0.39, 0.29) is 29.8 Å². The van der Waals surface area contributed by atoms with E-state index in [2.05, 4.69) is 15.2 Å². The lowest BCUT2D eigenvalue weighted by atomic mass is 9.52. The summed E-state index contributed by atoms with van der Waals surface area (Å²) < 4.78 is 44.1. The molecular formula is C26H35F3N4O4. The Morgan fingerprint density at radius 2 is 1.81 bits per heavy atom. The van der Waals surface area contributed by atoms with Gasteiger partial charge in [0.15, 0.2) is 0 Å². The van der Waals surface area contributed by atoms with E-state index in [1.807, 2.05) is 25.7 Å². The summed E-state index contributed by atoms with van der Waals surface area (Å²) in [5.41, 5.74) is -2.15. The molecule has 5 fully saturated rings. The predicted molar refractivity (Wildman–Crippen MR) is 129 cm³/mol. The maximum Gasteiger partial charge on any atom is 0.506 e. The minimum Gasteiger partial charge on any atom is -0.450 e. The van der Waals surface area contributed by atoms with Gasteiger partial charge in [-0.3, -0.25) is 9.69 Å². The van der Waals surface area contributed by atoms with Gasteiger partial charge >= 0.3 is 12.3 Å². The van der Waals surface area contributed by atoms with E-state index in [0.29, 0.717) is 44.2 Å². The predicted octanol–water partition coefficient (Wildman–Crippen LogP) is 4.15. The fraction of sp³-hybridized carbons (Fsp3) is 0.731. The van der Waals surface area contributed by atoms with Crippen molar-refractivity contribution in [3.05, 3.63) is 23.9 Å². The largest absolute Gasteiger partial charge is 0.506 e. The molecule has 2 heterocycles. The number of carbonyl (C=O) groups is 2. The fourth-order valence-electron chi connectivity index (χ4n) is 7.50. The van der Waals surface area contributed by atoms with E-state index in [1.165, 1.54) is 6.07 Å². The number of ether oxygens (including phenoxy) is 1. The van der Waals surface area contributed by atoms with Crippen LogP contribution < -0.4 is 10.2 Å². The van der Waals surface area contributed by atoms with Gasteiger partial charge in [-0.05, 0) is 82.8 Å². The fourth-order valence-corrected chi connectivity index (χ4v) is 7.50. The first-order valence-corrected chi connectivity index (χ1v) is 13.1. The Kier molecular flexibility index (Phi) is 6.36. The first-order valence-electron chi connectivity index (χ1n) is 13.1. The van der Waals surface area contributed by atoms with Crippen molar-refractivity contribution in [3.63, 3.8) is 0 Å². The van der Waals surface area contributed by atoms with Crippen LogP contribution in [0.25, 0.3) is 0 Å². The van der Waals surface area contributed by atoms with Crippen LogP contribution in [-0.4, -0.2) is 69.9 Å². The van der Waals surface area contributed by atoms with Crippen molar-refractivity contribution in [1.29, 1.82) is 0 Å². The molecule has 0 radical (unpaired) electrons. The van der Waals surface area contributed by atoms with Gasteiger partial charge < -0.3 is 20.1 Å². The van der Waals surface area contributed by atoms with Gasteiger partial charge in [0.05, 0.1) is 11.1 Å². The summed E-state index contributed by atoms with van der Waals surface area (Å²) in [7, 11) is 0. The number of hydrogen-bond donors (Lipinski definition) is 2. The second-order valence-corrected chi connectivity index (χ2v) is 12.0. The number of amides is 1. The zero-order valence-corrected chi connectivity index (χ0v) is 21.4. The SMILES string of the molecule is CC1CN(C(C)(C)C(=O)NC2C3CC4CC2CC(OC(=O)O)(C4)C3)CCN1c1ccc(C(F)(F)F)cn1. The summed E-state index contributed by atoms with van der Waals surface area (Å²) in [6, 6.07) is 2.43. The van der Waals surface area contributed by atoms with E-state index in [9.17, 15) is 27.9 Å². The van der Waals surface area contributed by atoms with Gasteiger partial charge in [-0.25, -0.2) is 9.78 Å². The lowest BCUT2D eigenvalue weighted by Crippen LogP contribution is -2.67. The highest BCUT2D eigenvalue weighted by atomic mass is 19.4. The number of pyridine rings is 1. The van der Waals surface area contributed by atoms with E-state index in [4.69, 9.17) is 4.74 Å². The molecule has 1 aromatic heterocycles. The second kappa shape index (κ2) is 9.03. The van der Waals surface area contributed by atoms with Gasteiger partial charge in [-0.15, -0.1) is 0 Å². The van der Waals surface area contributed by atoms with Crippen molar-refractivity contribution >= 4 is 17.9 Å². The monoisotopic (exact) mass is 524 g/mol. The van der Waals surface area contributed by atoms with Crippen LogP contribution in [0.4, 0.5) is 23.8 Å². The molecule has 6 rings (SSSR count). The number of anilines is 1. The smallest absolute Gasteiger partial charge is 0.450 e. The number of carboxylic acid groups (broad SMARTS) is 1. The standard InChI is InChI=1S/C26H35F3N4O4/c1-15-14-32(6-7-33(15)20-5-4-19(13-30-20)26(27,28)29)24(2,3)22(34)31-21-17-8-16-9-18(21)12-25(10-16,11-17)37-23(35)36/h4-5,13,15-18,21H,6-12,14H2,1-3H3,(H,31,34)(H,35,36). The van der Waals surface area contributed by atoms with Crippen LogP contribution in [0.15, 0.2) is 18.3 Å². The molecule has 0 spiro atoms. The molecule has 8 nitrogen and oxygen atoms in total. The zero-order valence-electron chi connectivity index (χ0n) is 21.4.